The molecule has 21 heavy (non-hydrogen) atoms. The highest BCUT2D eigenvalue weighted by Crippen LogP contribution is 2.21. The maximum Gasteiger partial charge on any atom is 0.306 e. The molecule has 0 radical (unpaired) electrons. The van der Waals surface area contributed by atoms with Gasteiger partial charge >= 0.3 is 11.9 Å². The molecule has 6 heteroatoms. The molecule has 1 aromatic carbocycles. The van der Waals surface area contributed by atoms with Crippen LogP contribution in [-0.2, 0) is 25.7 Å². The van der Waals surface area contributed by atoms with E-state index in [1.165, 1.54) is 0 Å². The number of carbonyl (C=O) groups excluding carboxylic acids is 2. The molecule has 0 saturated heterocycles. The lowest BCUT2D eigenvalue weighted by Crippen LogP contribution is -2.13. The molecule has 0 saturated carbocycles. The van der Waals surface area contributed by atoms with E-state index in [0.29, 0.717) is 22.2 Å². The smallest absolute Gasteiger partial charge is 0.306 e. The van der Waals surface area contributed by atoms with Gasteiger partial charge in [0.15, 0.2) is 0 Å². The van der Waals surface area contributed by atoms with Crippen LogP contribution in [0, 0.1) is 5.92 Å². The standard InChI is InChI=1S/C15H18Cl2O4/c1-10(2)8-20-14(18)5-6-15(19)21-9-11-3-4-12(16)7-13(11)17/h3-4,7,10H,5-6,8-9H2,1-2H3. The van der Waals surface area contributed by atoms with E-state index in [0.717, 1.165) is 0 Å². The van der Waals surface area contributed by atoms with Crippen LogP contribution in [0.3, 0.4) is 0 Å². The van der Waals surface area contributed by atoms with E-state index in [4.69, 9.17) is 32.7 Å². The summed E-state index contributed by atoms with van der Waals surface area (Å²) in [6, 6.07) is 4.93. The van der Waals surface area contributed by atoms with Crippen LogP contribution in [0.2, 0.25) is 10.0 Å². The van der Waals surface area contributed by atoms with E-state index < -0.39 is 11.9 Å². The second kappa shape index (κ2) is 8.90. The number of rotatable bonds is 7. The van der Waals surface area contributed by atoms with Gasteiger partial charge in [0.05, 0.1) is 19.4 Å². The Kier molecular flexibility index (Phi) is 7.54. The molecule has 0 spiro atoms. The number of carbonyl (C=O) groups is 2. The lowest BCUT2D eigenvalue weighted by molar-refractivity contribution is -0.151. The van der Waals surface area contributed by atoms with E-state index in [1.807, 2.05) is 13.8 Å². The molecule has 0 aliphatic heterocycles. The van der Waals surface area contributed by atoms with E-state index in [2.05, 4.69) is 0 Å². The molecule has 0 aromatic heterocycles. The number of halogens is 2. The second-order valence-electron chi connectivity index (χ2n) is 4.97. The Bertz CT molecular complexity index is 500. The van der Waals surface area contributed by atoms with Gasteiger partial charge in [0.2, 0.25) is 0 Å². The molecule has 0 bridgehead atoms. The summed E-state index contributed by atoms with van der Waals surface area (Å²) in [6.07, 6.45) is 0.00202. The van der Waals surface area contributed by atoms with Gasteiger partial charge in [-0.1, -0.05) is 43.1 Å². The van der Waals surface area contributed by atoms with Crippen molar-refractivity contribution in [1.29, 1.82) is 0 Å². The highest BCUT2D eigenvalue weighted by Gasteiger charge is 2.11. The maximum absolute atomic E-state index is 11.5. The van der Waals surface area contributed by atoms with Crippen molar-refractivity contribution in [3.05, 3.63) is 33.8 Å². The SMILES string of the molecule is CC(C)COC(=O)CCC(=O)OCc1ccc(Cl)cc1Cl. The van der Waals surface area contributed by atoms with E-state index in [9.17, 15) is 9.59 Å². The zero-order valence-corrected chi connectivity index (χ0v) is 13.5. The molecule has 116 valence electrons. The third-order valence-corrected chi connectivity index (χ3v) is 3.10. The third kappa shape index (κ3) is 7.34. The van der Waals surface area contributed by atoms with Crippen molar-refractivity contribution < 1.29 is 19.1 Å². The summed E-state index contributed by atoms with van der Waals surface area (Å²) in [6.45, 7) is 4.29. The quantitative estimate of drug-likeness (QED) is 0.707. The Hall–Kier alpha value is -1.26. The van der Waals surface area contributed by atoms with Crippen molar-refractivity contribution in [2.24, 2.45) is 5.92 Å². The molecule has 0 amide bonds. The lowest BCUT2D eigenvalue weighted by atomic mass is 10.2. The summed E-state index contributed by atoms with van der Waals surface area (Å²) < 4.78 is 10.0. The minimum absolute atomic E-state index is 0.0118. The molecule has 0 aliphatic rings. The molecular weight excluding hydrogens is 315 g/mol. The summed E-state index contributed by atoms with van der Waals surface area (Å²) in [7, 11) is 0. The first-order chi connectivity index (χ1) is 9.88. The fraction of sp³-hybridized carbons (Fsp3) is 0.467. The van der Waals surface area contributed by atoms with E-state index in [-0.39, 0.29) is 25.4 Å². The van der Waals surface area contributed by atoms with Crippen LogP contribution in [-0.4, -0.2) is 18.5 Å². The Morgan fingerprint density at radius 2 is 1.71 bits per heavy atom. The third-order valence-electron chi connectivity index (χ3n) is 2.51. The van der Waals surface area contributed by atoms with Gasteiger partial charge in [-0.3, -0.25) is 9.59 Å². The fourth-order valence-corrected chi connectivity index (χ4v) is 1.87. The topological polar surface area (TPSA) is 52.6 Å². The van der Waals surface area contributed by atoms with Crippen LogP contribution < -0.4 is 0 Å². The van der Waals surface area contributed by atoms with Gasteiger partial charge in [-0.25, -0.2) is 0 Å². The number of esters is 2. The predicted octanol–water partition coefficient (Wildman–Crippen LogP) is 4.02. The molecule has 0 atom stereocenters. The second-order valence-corrected chi connectivity index (χ2v) is 5.82. The van der Waals surface area contributed by atoms with Gasteiger partial charge in [0.25, 0.3) is 0 Å². The Labute approximate surface area is 134 Å². The van der Waals surface area contributed by atoms with Crippen molar-refractivity contribution >= 4 is 35.1 Å². The zero-order chi connectivity index (χ0) is 15.8. The fourth-order valence-electron chi connectivity index (χ4n) is 1.41. The minimum Gasteiger partial charge on any atom is -0.465 e. The first-order valence-corrected chi connectivity index (χ1v) is 7.39. The van der Waals surface area contributed by atoms with Crippen LogP contribution >= 0.6 is 23.2 Å². The Balaban J connectivity index is 2.29. The summed E-state index contributed by atoms with van der Waals surface area (Å²) in [5.74, 6) is -0.597. The summed E-state index contributed by atoms with van der Waals surface area (Å²) in [4.78, 5) is 22.9. The van der Waals surface area contributed by atoms with Gasteiger partial charge in [0.1, 0.15) is 6.61 Å². The average Bonchev–Trinajstić information content (AvgIpc) is 2.41. The number of benzene rings is 1. The van der Waals surface area contributed by atoms with Crippen LogP contribution in [0.15, 0.2) is 18.2 Å². The van der Waals surface area contributed by atoms with Crippen LogP contribution in [0.4, 0.5) is 0 Å². The van der Waals surface area contributed by atoms with Crippen LogP contribution in [0.1, 0.15) is 32.3 Å². The molecule has 1 rings (SSSR count). The van der Waals surface area contributed by atoms with Crippen molar-refractivity contribution in [2.75, 3.05) is 6.61 Å². The molecule has 0 aliphatic carbocycles. The Morgan fingerprint density at radius 3 is 2.29 bits per heavy atom. The first kappa shape index (κ1) is 17.8. The van der Waals surface area contributed by atoms with E-state index >= 15 is 0 Å². The van der Waals surface area contributed by atoms with Crippen molar-refractivity contribution in [3.8, 4) is 0 Å². The van der Waals surface area contributed by atoms with E-state index in [1.54, 1.807) is 18.2 Å². The number of hydrogen-bond acceptors (Lipinski definition) is 4. The molecule has 4 nitrogen and oxygen atoms in total. The lowest BCUT2D eigenvalue weighted by Gasteiger charge is -2.08. The average molecular weight is 333 g/mol. The normalized spacial score (nSPS) is 10.5. The molecule has 1 aromatic rings. The van der Waals surface area contributed by atoms with Crippen molar-refractivity contribution in [3.63, 3.8) is 0 Å². The summed E-state index contributed by atoms with van der Waals surface area (Å²) in [5, 5.41) is 0.953. The predicted molar refractivity (Wildman–Crippen MR) is 81.3 cm³/mol. The maximum atomic E-state index is 11.5. The number of ether oxygens (including phenoxy) is 2. The summed E-state index contributed by atoms with van der Waals surface area (Å²) >= 11 is 11.7. The minimum atomic E-state index is -0.470. The molecule has 0 fully saturated rings. The molecule has 0 heterocycles. The number of hydrogen-bond donors (Lipinski definition) is 0. The van der Waals surface area contributed by atoms with Crippen LogP contribution in [0.25, 0.3) is 0 Å². The monoisotopic (exact) mass is 332 g/mol. The highest BCUT2D eigenvalue weighted by atomic mass is 35.5. The van der Waals surface area contributed by atoms with Crippen LogP contribution in [0.5, 0.6) is 0 Å². The van der Waals surface area contributed by atoms with Gasteiger partial charge in [-0.2, -0.15) is 0 Å². The first-order valence-electron chi connectivity index (χ1n) is 6.63. The molecule has 0 N–H and O–H groups in total. The zero-order valence-electron chi connectivity index (χ0n) is 12.0. The van der Waals surface area contributed by atoms with Gasteiger partial charge in [-0.15, -0.1) is 0 Å². The van der Waals surface area contributed by atoms with Crippen molar-refractivity contribution in [1.82, 2.24) is 0 Å². The van der Waals surface area contributed by atoms with Crippen molar-refractivity contribution in [2.45, 2.75) is 33.3 Å². The van der Waals surface area contributed by atoms with Gasteiger partial charge in [-0.05, 0) is 18.1 Å². The summed E-state index contributed by atoms with van der Waals surface area (Å²) in [5.41, 5.74) is 0.664. The Morgan fingerprint density at radius 1 is 1.10 bits per heavy atom. The van der Waals surface area contributed by atoms with Gasteiger partial charge in [0, 0.05) is 15.6 Å². The van der Waals surface area contributed by atoms with Gasteiger partial charge < -0.3 is 9.47 Å². The highest BCUT2D eigenvalue weighted by molar-refractivity contribution is 6.35. The molecule has 0 unspecified atom stereocenters. The molecular formula is C15H18Cl2O4. The largest absolute Gasteiger partial charge is 0.465 e.